The van der Waals surface area contributed by atoms with Crippen molar-refractivity contribution in [3.05, 3.63) is 168 Å². The van der Waals surface area contributed by atoms with Crippen LogP contribution in [0.2, 0.25) is 0 Å². The Hall–Kier alpha value is -4.21. The largest absolute Gasteiger partial charge is 0.227 e. The van der Waals surface area contributed by atoms with E-state index in [2.05, 4.69) is 0 Å². The van der Waals surface area contributed by atoms with Crippen LogP contribution in [-0.4, -0.2) is 8.42 Å². The Balaban J connectivity index is 1.67. The lowest BCUT2D eigenvalue weighted by Crippen LogP contribution is -2.23. The maximum atomic E-state index is 15.1. The van der Waals surface area contributed by atoms with Crippen LogP contribution in [0.25, 0.3) is 21.5 Å². The van der Waals surface area contributed by atoms with Gasteiger partial charge in [-0.1, -0.05) is 146 Å². The molecule has 0 aromatic heterocycles. The van der Waals surface area contributed by atoms with Gasteiger partial charge in [0.2, 0.25) is 0 Å². The Kier molecular flexibility index (Phi) is 6.07. The molecule has 0 aliphatic carbocycles. The average Bonchev–Trinajstić information content (AvgIpc) is 2.94. The molecule has 2 atom stereocenters. The Bertz CT molecular complexity index is 1650. The van der Waals surface area contributed by atoms with E-state index < -0.39 is 20.3 Å². The van der Waals surface area contributed by atoms with Gasteiger partial charge in [0.15, 0.2) is 9.84 Å². The molecule has 37 heavy (non-hydrogen) atoms. The summed E-state index contributed by atoms with van der Waals surface area (Å²) in [6, 6.07) is 47.1. The number of rotatable bonds is 6. The van der Waals surface area contributed by atoms with Crippen LogP contribution in [0.3, 0.4) is 0 Å². The molecule has 0 radical (unpaired) electrons. The summed E-state index contributed by atoms with van der Waals surface area (Å²) in [6.45, 7) is 0. The number of sulfone groups is 1. The number of hydrogen-bond donors (Lipinski definition) is 0. The van der Waals surface area contributed by atoms with Crippen molar-refractivity contribution in [1.82, 2.24) is 0 Å². The van der Waals surface area contributed by atoms with E-state index in [1.54, 1.807) is 0 Å². The van der Waals surface area contributed by atoms with Crippen molar-refractivity contribution in [2.45, 2.75) is 10.5 Å². The van der Waals surface area contributed by atoms with Crippen molar-refractivity contribution in [2.75, 3.05) is 0 Å². The fourth-order valence-corrected chi connectivity index (χ4v) is 7.91. The van der Waals surface area contributed by atoms with Gasteiger partial charge < -0.3 is 0 Å². The van der Waals surface area contributed by atoms with Crippen LogP contribution in [0.15, 0.2) is 146 Å². The van der Waals surface area contributed by atoms with Crippen molar-refractivity contribution < 1.29 is 8.42 Å². The van der Waals surface area contributed by atoms with Crippen molar-refractivity contribution >= 4 is 31.4 Å². The smallest absolute Gasteiger partial charge is 0.172 e. The quantitative estimate of drug-likeness (QED) is 0.231. The molecule has 0 bridgehead atoms. The molecule has 0 N–H and O–H groups in total. The van der Waals surface area contributed by atoms with E-state index in [1.807, 2.05) is 146 Å². The highest BCUT2D eigenvalue weighted by molar-refractivity contribution is 7.92. The molecule has 0 spiro atoms. The first-order valence-corrected chi connectivity index (χ1v) is 14.0. The molecule has 6 aromatic carbocycles. The molecule has 0 aliphatic rings. The summed E-state index contributed by atoms with van der Waals surface area (Å²) in [6.07, 6.45) is 0. The SMILES string of the molecule is O=S(=O)(C(c1ccccc1)c1cccc2ccccc12)C(c1ccccc1)c1cccc2ccccc12. The van der Waals surface area contributed by atoms with Gasteiger partial charge in [0.05, 0.1) is 0 Å². The van der Waals surface area contributed by atoms with Crippen molar-refractivity contribution in [3.63, 3.8) is 0 Å². The minimum atomic E-state index is -3.86. The zero-order valence-corrected chi connectivity index (χ0v) is 21.1. The number of benzene rings is 6. The molecule has 3 heteroatoms. The lowest BCUT2D eigenvalue weighted by molar-refractivity contribution is 0.582. The molecule has 0 fully saturated rings. The summed E-state index contributed by atoms with van der Waals surface area (Å²) in [5.41, 5.74) is 3.12. The molecule has 0 heterocycles. The first kappa shape index (κ1) is 23.2. The Morgan fingerprint density at radius 1 is 0.378 bits per heavy atom. The van der Waals surface area contributed by atoms with Gasteiger partial charge in [-0.25, -0.2) is 8.42 Å². The lowest BCUT2D eigenvalue weighted by Gasteiger charge is -2.28. The van der Waals surface area contributed by atoms with E-state index >= 15 is 8.42 Å². The summed E-state index contributed by atoms with van der Waals surface area (Å²) in [5.74, 6) is 0. The van der Waals surface area contributed by atoms with Crippen molar-refractivity contribution in [3.8, 4) is 0 Å². The topological polar surface area (TPSA) is 34.1 Å². The molecular weight excluding hydrogens is 472 g/mol. The fourth-order valence-electron chi connectivity index (χ4n) is 5.44. The maximum Gasteiger partial charge on any atom is 0.172 e. The van der Waals surface area contributed by atoms with Gasteiger partial charge in [-0.2, -0.15) is 0 Å². The number of fused-ring (bicyclic) bond motifs is 2. The minimum absolute atomic E-state index is 0.764. The Morgan fingerprint density at radius 2 is 0.730 bits per heavy atom. The average molecular weight is 499 g/mol. The highest BCUT2D eigenvalue weighted by Crippen LogP contribution is 2.45. The number of hydrogen-bond acceptors (Lipinski definition) is 2. The lowest BCUT2D eigenvalue weighted by atomic mass is 9.97. The zero-order valence-electron chi connectivity index (χ0n) is 20.2. The molecule has 0 saturated heterocycles. The third-order valence-corrected chi connectivity index (χ3v) is 9.44. The molecule has 0 aliphatic heterocycles. The van der Waals surface area contributed by atoms with Crippen LogP contribution in [-0.2, 0) is 9.84 Å². The molecular formula is C34H26O2S. The Labute approximate surface area is 217 Å². The molecule has 6 aromatic rings. The molecule has 2 unspecified atom stereocenters. The van der Waals surface area contributed by atoms with Crippen LogP contribution in [0.1, 0.15) is 32.8 Å². The second-order valence-corrected chi connectivity index (χ2v) is 11.4. The van der Waals surface area contributed by atoms with Crippen LogP contribution < -0.4 is 0 Å². The minimum Gasteiger partial charge on any atom is -0.227 e. The van der Waals surface area contributed by atoms with Gasteiger partial charge >= 0.3 is 0 Å². The first-order chi connectivity index (χ1) is 18.1. The highest BCUT2D eigenvalue weighted by atomic mass is 32.2. The van der Waals surface area contributed by atoms with E-state index in [-0.39, 0.29) is 0 Å². The highest BCUT2D eigenvalue weighted by Gasteiger charge is 2.39. The third-order valence-electron chi connectivity index (χ3n) is 7.07. The standard InChI is InChI=1S/C34H26O2S/c35-37(36,33(27-15-3-1-4-16-27)31-23-11-19-25-13-7-9-21-29(25)31)34(28-17-5-2-6-18-28)32-24-12-20-26-14-8-10-22-30(26)32/h1-24,33-34H. The maximum absolute atomic E-state index is 15.1. The van der Waals surface area contributed by atoms with Crippen LogP contribution in [0.4, 0.5) is 0 Å². The van der Waals surface area contributed by atoms with Gasteiger partial charge in [-0.15, -0.1) is 0 Å². The Morgan fingerprint density at radius 3 is 1.16 bits per heavy atom. The first-order valence-electron chi connectivity index (χ1n) is 12.4. The van der Waals surface area contributed by atoms with Crippen molar-refractivity contribution in [2.24, 2.45) is 0 Å². The summed E-state index contributed by atoms with van der Waals surface area (Å²) >= 11 is 0. The normalized spacial score (nSPS) is 13.4. The monoisotopic (exact) mass is 498 g/mol. The van der Waals surface area contributed by atoms with Crippen LogP contribution in [0, 0.1) is 0 Å². The predicted molar refractivity (Wildman–Crippen MR) is 153 cm³/mol. The zero-order chi connectivity index (χ0) is 25.2. The molecule has 0 amide bonds. The van der Waals surface area contributed by atoms with E-state index in [9.17, 15) is 0 Å². The molecule has 6 rings (SSSR count). The summed E-state index contributed by atoms with van der Waals surface area (Å²) < 4.78 is 30.2. The van der Waals surface area contributed by atoms with E-state index in [0.29, 0.717) is 0 Å². The van der Waals surface area contributed by atoms with Gasteiger partial charge in [-0.3, -0.25) is 0 Å². The molecule has 0 saturated carbocycles. The molecule has 2 nitrogen and oxygen atoms in total. The van der Waals surface area contributed by atoms with Crippen LogP contribution in [0.5, 0.6) is 0 Å². The van der Waals surface area contributed by atoms with Gasteiger partial charge in [0.25, 0.3) is 0 Å². The van der Waals surface area contributed by atoms with Gasteiger partial charge in [0, 0.05) is 0 Å². The van der Waals surface area contributed by atoms with E-state index in [4.69, 9.17) is 0 Å². The third kappa shape index (κ3) is 4.22. The fraction of sp³-hybridized carbons (Fsp3) is 0.0588. The van der Waals surface area contributed by atoms with E-state index in [0.717, 1.165) is 43.8 Å². The second-order valence-electron chi connectivity index (χ2n) is 9.31. The van der Waals surface area contributed by atoms with Gasteiger partial charge in [-0.05, 0) is 43.8 Å². The van der Waals surface area contributed by atoms with Crippen molar-refractivity contribution in [1.29, 1.82) is 0 Å². The summed E-state index contributed by atoms with van der Waals surface area (Å²) in [5, 5.41) is 2.27. The van der Waals surface area contributed by atoms with Crippen LogP contribution >= 0.6 is 0 Å². The second kappa shape index (κ2) is 9.68. The molecule has 180 valence electrons. The summed E-state index contributed by atoms with van der Waals surface area (Å²) in [7, 11) is -3.86. The van der Waals surface area contributed by atoms with Gasteiger partial charge in [0.1, 0.15) is 10.5 Å². The van der Waals surface area contributed by atoms with E-state index in [1.165, 1.54) is 0 Å². The summed E-state index contributed by atoms with van der Waals surface area (Å²) in [4.78, 5) is 0. The predicted octanol–water partition coefficient (Wildman–Crippen LogP) is 8.29.